The third-order valence-electron chi connectivity index (χ3n) is 3.76. The fraction of sp³-hybridized carbons (Fsp3) is 0.857. The predicted octanol–water partition coefficient (Wildman–Crippen LogP) is 1.79. The van der Waals surface area contributed by atoms with Gasteiger partial charge >= 0.3 is 0 Å². The molecule has 2 aliphatic rings. The zero-order chi connectivity index (χ0) is 13.7. The summed E-state index contributed by atoms with van der Waals surface area (Å²) in [5, 5.41) is 3.25. The summed E-state index contributed by atoms with van der Waals surface area (Å²) in [6, 6.07) is -0.0300. The van der Waals surface area contributed by atoms with Crippen molar-refractivity contribution in [1.29, 1.82) is 0 Å². The van der Waals surface area contributed by atoms with E-state index >= 15 is 0 Å². The van der Waals surface area contributed by atoms with Gasteiger partial charge in [-0.2, -0.15) is 11.8 Å². The molecule has 1 N–H and O–H groups in total. The highest BCUT2D eigenvalue weighted by atomic mass is 32.2. The first kappa shape index (κ1) is 14.9. The molecule has 2 amide bonds. The van der Waals surface area contributed by atoms with Crippen LogP contribution in [0, 0.1) is 0 Å². The van der Waals surface area contributed by atoms with Crippen LogP contribution in [0.2, 0.25) is 0 Å². The molecule has 2 rings (SSSR count). The third kappa shape index (κ3) is 4.21. The maximum Gasteiger partial charge on any atom is 0.247 e. The van der Waals surface area contributed by atoms with Crippen LogP contribution in [-0.4, -0.2) is 47.4 Å². The Morgan fingerprint density at radius 1 is 1.21 bits per heavy atom. The number of carbonyl (C=O) groups is 2. The Hall–Kier alpha value is -0.550. The molecule has 1 saturated heterocycles. The van der Waals surface area contributed by atoms with E-state index in [9.17, 15) is 9.59 Å². The number of hydrogen-bond donors (Lipinski definition) is 1. The Labute approximate surface area is 119 Å². The Kier molecular flexibility index (Phi) is 5.70. The smallest absolute Gasteiger partial charge is 0.247 e. The van der Waals surface area contributed by atoms with Gasteiger partial charge in [0.25, 0.3) is 0 Å². The molecule has 1 saturated carbocycles. The maximum absolute atomic E-state index is 12.0. The van der Waals surface area contributed by atoms with E-state index in [2.05, 4.69) is 11.6 Å². The van der Waals surface area contributed by atoms with Crippen molar-refractivity contribution in [3.8, 4) is 0 Å². The van der Waals surface area contributed by atoms with Gasteiger partial charge in [-0.1, -0.05) is 12.8 Å². The molecule has 108 valence electrons. The van der Waals surface area contributed by atoms with Crippen LogP contribution in [-0.2, 0) is 9.59 Å². The average Bonchev–Trinajstić information content (AvgIpc) is 3.17. The second kappa shape index (κ2) is 7.29. The summed E-state index contributed by atoms with van der Waals surface area (Å²) in [7, 11) is 0. The van der Waals surface area contributed by atoms with E-state index in [1.165, 1.54) is 29.9 Å². The van der Waals surface area contributed by atoms with E-state index in [1.807, 2.05) is 11.8 Å². The quantitative estimate of drug-likeness (QED) is 0.518. The molecule has 0 aromatic heterocycles. The monoisotopic (exact) mass is 284 g/mol. The van der Waals surface area contributed by atoms with Crippen molar-refractivity contribution < 1.29 is 9.59 Å². The van der Waals surface area contributed by atoms with Gasteiger partial charge in [0.15, 0.2) is 0 Å². The van der Waals surface area contributed by atoms with Crippen LogP contribution in [0.1, 0.15) is 44.9 Å². The summed E-state index contributed by atoms with van der Waals surface area (Å²) in [4.78, 5) is 25.3. The zero-order valence-corrected chi connectivity index (χ0v) is 12.5. The van der Waals surface area contributed by atoms with Gasteiger partial charge < -0.3 is 5.32 Å². The van der Waals surface area contributed by atoms with Crippen LogP contribution in [0.4, 0.5) is 0 Å². The van der Waals surface area contributed by atoms with Crippen molar-refractivity contribution >= 4 is 23.6 Å². The topological polar surface area (TPSA) is 49.4 Å². The number of hydrogen-bond acceptors (Lipinski definition) is 4. The standard InChI is InChI=1S/C14H24N2O2S/c1-19-9-5-3-2-4-8-15-12-10-13(17)16(14(12)18)11-6-7-11/h11-12,15H,2-10H2,1H3. The molecule has 1 unspecified atom stereocenters. The molecule has 5 heteroatoms. The summed E-state index contributed by atoms with van der Waals surface area (Å²) in [5.41, 5.74) is 0. The van der Waals surface area contributed by atoms with E-state index in [-0.39, 0.29) is 23.9 Å². The minimum Gasteiger partial charge on any atom is -0.305 e. The number of amides is 2. The van der Waals surface area contributed by atoms with E-state index in [1.54, 1.807) is 0 Å². The Bertz CT molecular complexity index is 331. The highest BCUT2D eigenvalue weighted by Gasteiger charge is 2.45. The summed E-state index contributed by atoms with van der Waals surface area (Å²) >= 11 is 1.89. The summed E-state index contributed by atoms with van der Waals surface area (Å²) < 4.78 is 0. The Morgan fingerprint density at radius 2 is 1.95 bits per heavy atom. The first-order valence-corrected chi connectivity index (χ1v) is 8.71. The largest absolute Gasteiger partial charge is 0.305 e. The van der Waals surface area contributed by atoms with E-state index in [0.29, 0.717) is 6.42 Å². The van der Waals surface area contributed by atoms with E-state index in [4.69, 9.17) is 0 Å². The molecule has 2 fully saturated rings. The molecule has 0 spiro atoms. The fourth-order valence-electron chi connectivity index (χ4n) is 2.53. The number of likely N-dealkylation sites (tertiary alicyclic amines) is 1. The molecule has 1 aliphatic carbocycles. The molecule has 0 bridgehead atoms. The van der Waals surface area contributed by atoms with Crippen LogP contribution in [0.15, 0.2) is 0 Å². The molecule has 4 nitrogen and oxygen atoms in total. The Balaban J connectivity index is 1.59. The van der Waals surface area contributed by atoms with Crippen LogP contribution in [0.3, 0.4) is 0 Å². The first-order valence-electron chi connectivity index (χ1n) is 7.32. The minimum absolute atomic E-state index is 0.00915. The van der Waals surface area contributed by atoms with Gasteiger partial charge in [-0.25, -0.2) is 0 Å². The van der Waals surface area contributed by atoms with Crippen LogP contribution >= 0.6 is 11.8 Å². The van der Waals surface area contributed by atoms with Gasteiger partial charge in [0.2, 0.25) is 11.8 Å². The van der Waals surface area contributed by atoms with Gasteiger partial charge in [0.1, 0.15) is 0 Å². The predicted molar refractivity (Wildman–Crippen MR) is 78.1 cm³/mol. The lowest BCUT2D eigenvalue weighted by Crippen LogP contribution is -2.40. The molecule has 1 aliphatic heterocycles. The van der Waals surface area contributed by atoms with Gasteiger partial charge in [0.05, 0.1) is 12.5 Å². The fourth-order valence-corrected chi connectivity index (χ4v) is 3.02. The molecular weight excluding hydrogens is 260 g/mol. The SMILES string of the molecule is CSCCCCCCNC1CC(=O)N(C2CC2)C1=O. The van der Waals surface area contributed by atoms with Gasteiger partial charge in [-0.15, -0.1) is 0 Å². The van der Waals surface area contributed by atoms with Gasteiger partial charge in [-0.05, 0) is 44.2 Å². The number of unbranched alkanes of at least 4 members (excludes halogenated alkanes) is 3. The number of imide groups is 1. The Morgan fingerprint density at radius 3 is 2.63 bits per heavy atom. The van der Waals surface area contributed by atoms with Crippen LogP contribution in [0.5, 0.6) is 0 Å². The molecule has 0 aromatic carbocycles. The number of nitrogens with zero attached hydrogens (tertiary/aromatic N) is 1. The summed E-state index contributed by atoms with van der Waals surface area (Å²) in [6.45, 7) is 0.849. The van der Waals surface area contributed by atoms with E-state index < -0.39 is 0 Å². The van der Waals surface area contributed by atoms with Crippen LogP contribution in [0.25, 0.3) is 0 Å². The molecule has 0 aromatic rings. The van der Waals surface area contributed by atoms with Crippen molar-refractivity contribution in [2.75, 3.05) is 18.6 Å². The zero-order valence-electron chi connectivity index (χ0n) is 11.7. The van der Waals surface area contributed by atoms with Crippen molar-refractivity contribution in [2.24, 2.45) is 0 Å². The van der Waals surface area contributed by atoms with Crippen molar-refractivity contribution in [3.63, 3.8) is 0 Å². The highest BCUT2D eigenvalue weighted by molar-refractivity contribution is 7.98. The summed E-state index contributed by atoms with van der Waals surface area (Å²) in [6.07, 6.45) is 9.33. The second-order valence-electron chi connectivity index (χ2n) is 5.45. The molecule has 19 heavy (non-hydrogen) atoms. The van der Waals surface area contributed by atoms with Crippen molar-refractivity contribution in [1.82, 2.24) is 10.2 Å². The number of nitrogens with one attached hydrogen (secondary N) is 1. The normalized spacial score (nSPS) is 23.4. The van der Waals surface area contributed by atoms with Crippen molar-refractivity contribution in [3.05, 3.63) is 0 Å². The summed E-state index contributed by atoms with van der Waals surface area (Å²) in [5.74, 6) is 1.26. The number of thioether (sulfide) groups is 1. The van der Waals surface area contributed by atoms with Crippen molar-refractivity contribution in [2.45, 2.75) is 57.0 Å². The second-order valence-corrected chi connectivity index (χ2v) is 6.44. The third-order valence-corrected chi connectivity index (χ3v) is 4.46. The van der Waals surface area contributed by atoms with E-state index in [0.717, 1.165) is 25.8 Å². The minimum atomic E-state index is -0.251. The highest BCUT2D eigenvalue weighted by Crippen LogP contribution is 2.31. The van der Waals surface area contributed by atoms with Crippen LogP contribution < -0.4 is 5.32 Å². The first-order chi connectivity index (χ1) is 9.24. The lowest BCUT2D eigenvalue weighted by Gasteiger charge is -2.14. The molecular formula is C14H24N2O2S. The van der Waals surface area contributed by atoms with Gasteiger partial charge in [-0.3, -0.25) is 14.5 Å². The average molecular weight is 284 g/mol. The molecule has 0 radical (unpaired) electrons. The van der Waals surface area contributed by atoms with Gasteiger partial charge in [0, 0.05) is 6.04 Å². The maximum atomic E-state index is 12.0. The molecule has 1 atom stereocenters. The number of carbonyl (C=O) groups excluding carboxylic acids is 2. The lowest BCUT2D eigenvalue weighted by molar-refractivity contribution is -0.139. The lowest BCUT2D eigenvalue weighted by atomic mass is 10.2. The molecule has 1 heterocycles. The number of rotatable bonds is 9.